The van der Waals surface area contributed by atoms with Crippen LogP contribution in [0.5, 0.6) is 0 Å². The Bertz CT molecular complexity index is 534. The number of hydrogen-bond acceptors (Lipinski definition) is 2. The van der Waals surface area contributed by atoms with Gasteiger partial charge in [-0.1, -0.05) is 12.1 Å². The van der Waals surface area contributed by atoms with Gasteiger partial charge in [0.2, 0.25) is 0 Å². The highest BCUT2D eigenvalue weighted by Gasteiger charge is 2.34. The van der Waals surface area contributed by atoms with Gasteiger partial charge in [0.15, 0.2) is 0 Å². The summed E-state index contributed by atoms with van der Waals surface area (Å²) in [5.41, 5.74) is 4.90. The van der Waals surface area contributed by atoms with Crippen LogP contribution in [0.3, 0.4) is 0 Å². The first-order valence-electron chi connectivity index (χ1n) is 5.05. The van der Waals surface area contributed by atoms with Crippen LogP contribution < -0.4 is 5.73 Å². The third-order valence-corrected chi connectivity index (χ3v) is 3.46. The fourth-order valence-electron chi connectivity index (χ4n) is 1.59. The molecule has 0 bridgehead atoms. The molecule has 1 aromatic heterocycles. The Morgan fingerprint density at radius 1 is 1.17 bits per heavy atom. The van der Waals surface area contributed by atoms with E-state index in [2.05, 4.69) is 0 Å². The van der Waals surface area contributed by atoms with Crippen molar-refractivity contribution >= 4 is 11.3 Å². The summed E-state index contributed by atoms with van der Waals surface area (Å²) in [5, 5.41) is 1.80. The van der Waals surface area contributed by atoms with Crippen molar-refractivity contribution in [3.8, 4) is 0 Å². The van der Waals surface area contributed by atoms with Crippen LogP contribution in [-0.2, 0) is 6.18 Å². The number of halogens is 4. The molecule has 0 aliphatic heterocycles. The highest BCUT2D eigenvalue weighted by Crippen LogP contribution is 2.33. The summed E-state index contributed by atoms with van der Waals surface area (Å²) in [6, 6.07) is 5.69. The molecule has 1 aromatic carbocycles. The average Bonchev–Trinajstić information content (AvgIpc) is 2.79. The quantitative estimate of drug-likeness (QED) is 0.825. The molecule has 0 spiro atoms. The second kappa shape index (κ2) is 4.70. The molecule has 6 heteroatoms. The molecule has 2 N–H and O–H groups in total. The fraction of sp³-hybridized carbons (Fsp3) is 0.167. The molecule has 0 amide bonds. The Hall–Kier alpha value is -1.40. The third kappa shape index (κ3) is 2.54. The van der Waals surface area contributed by atoms with Crippen LogP contribution in [-0.4, -0.2) is 0 Å². The Morgan fingerprint density at radius 2 is 1.89 bits per heavy atom. The molecule has 0 radical (unpaired) electrons. The number of hydrogen-bond donors (Lipinski definition) is 1. The van der Waals surface area contributed by atoms with Gasteiger partial charge in [-0.2, -0.15) is 13.2 Å². The molecule has 0 saturated carbocycles. The summed E-state index contributed by atoms with van der Waals surface area (Å²) in [6.45, 7) is 0. The maximum absolute atomic E-state index is 13.4. The van der Waals surface area contributed by atoms with Crippen molar-refractivity contribution in [1.29, 1.82) is 0 Å². The van der Waals surface area contributed by atoms with Gasteiger partial charge in [-0.3, -0.25) is 0 Å². The van der Waals surface area contributed by atoms with E-state index in [0.717, 1.165) is 17.0 Å². The van der Waals surface area contributed by atoms with Crippen molar-refractivity contribution in [2.24, 2.45) is 5.73 Å². The maximum atomic E-state index is 13.4. The molecule has 18 heavy (non-hydrogen) atoms. The minimum absolute atomic E-state index is 0.322. The van der Waals surface area contributed by atoms with Crippen LogP contribution in [0, 0.1) is 5.82 Å². The monoisotopic (exact) mass is 275 g/mol. The zero-order valence-corrected chi connectivity index (χ0v) is 9.86. The molecule has 0 aliphatic carbocycles. The molecule has 1 atom stereocenters. The molecule has 2 aromatic rings. The van der Waals surface area contributed by atoms with Gasteiger partial charge in [-0.25, -0.2) is 4.39 Å². The Morgan fingerprint density at radius 3 is 2.39 bits per heavy atom. The third-order valence-electron chi connectivity index (χ3n) is 2.51. The topological polar surface area (TPSA) is 26.0 Å². The second-order valence-electron chi connectivity index (χ2n) is 3.73. The summed E-state index contributed by atoms with van der Waals surface area (Å²) < 4.78 is 50.5. The van der Waals surface area contributed by atoms with Crippen molar-refractivity contribution in [3.05, 3.63) is 57.5 Å². The Kier molecular flexibility index (Phi) is 3.41. The Labute approximate surface area is 105 Å². The number of thiophene rings is 1. The number of alkyl halides is 3. The summed E-state index contributed by atoms with van der Waals surface area (Å²) in [6.07, 6.45) is -4.68. The number of rotatable bonds is 2. The second-order valence-corrected chi connectivity index (χ2v) is 4.71. The standard InChI is InChI=1S/C12H9F4NS/c13-9-6-7(3-4-8(9)12(14,15)16)11(17)10-2-1-5-18-10/h1-6,11H,17H2/t11-/m0/s1. The van der Waals surface area contributed by atoms with Gasteiger partial charge < -0.3 is 5.73 Å². The molecular weight excluding hydrogens is 266 g/mol. The van der Waals surface area contributed by atoms with Gasteiger partial charge in [0, 0.05) is 4.88 Å². The zero-order chi connectivity index (χ0) is 13.3. The summed E-state index contributed by atoms with van der Waals surface area (Å²) in [5.74, 6) is -1.30. The van der Waals surface area contributed by atoms with Crippen LogP contribution >= 0.6 is 11.3 Å². The van der Waals surface area contributed by atoms with E-state index >= 15 is 0 Å². The normalized spacial score (nSPS) is 13.6. The van der Waals surface area contributed by atoms with Crippen LogP contribution in [0.25, 0.3) is 0 Å². The lowest BCUT2D eigenvalue weighted by atomic mass is 10.0. The van der Waals surface area contributed by atoms with Gasteiger partial charge in [-0.15, -0.1) is 11.3 Å². The first kappa shape index (κ1) is 13.0. The first-order valence-corrected chi connectivity index (χ1v) is 5.93. The summed E-state index contributed by atoms with van der Waals surface area (Å²) in [4.78, 5) is 0.772. The zero-order valence-electron chi connectivity index (χ0n) is 9.04. The van der Waals surface area contributed by atoms with Crippen LogP contribution in [0.4, 0.5) is 17.6 Å². The average molecular weight is 275 g/mol. The molecule has 0 unspecified atom stereocenters. The van der Waals surface area contributed by atoms with E-state index in [9.17, 15) is 17.6 Å². The van der Waals surface area contributed by atoms with E-state index in [-0.39, 0.29) is 0 Å². The fourth-order valence-corrected chi connectivity index (χ4v) is 2.34. The van der Waals surface area contributed by atoms with Crippen molar-refractivity contribution in [2.75, 3.05) is 0 Å². The molecule has 1 heterocycles. The van der Waals surface area contributed by atoms with Gasteiger partial charge >= 0.3 is 6.18 Å². The Balaban J connectivity index is 2.35. The van der Waals surface area contributed by atoms with Crippen molar-refractivity contribution in [1.82, 2.24) is 0 Å². The van der Waals surface area contributed by atoms with Crippen LogP contribution in [0.2, 0.25) is 0 Å². The molecule has 1 nitrogen and oxygen atoms in total. The van der Waals surface area contributed by atoms with Gasteiger partial charge in [-0.05, 0) is 29.1 Å². The largest absolute Gasteiger partial charge is 0.419 e. The van der Waals surface area contributed by atoms with Crippen molar-refractivity contribution in [3.63, 3.8) is 0 Å². The van der Waals surface area contributed by atoms with Crippen molar-refractivity contribution < 1.29 is 17.6 Å². The highest BCUT2D eigenvalue weighted by atomic mass is 32.1. The lowest BCUT2D eigenvalue weighted by molar-refractivity contribution is -0.140. The lowest BCUT2D eigenvalue weighted by Gasteiger charge is -2.13. The SMILES string of the molecule is N[C@@H](c1ccc(C(F)(F)F)c(F)c1)c1cccs1. The predicted octanol–water partition coefficient (Wildman–Crippen LogP) is 3.95. The van der Waals surface area contributed by atoms with E-state index in [1.54, 1.807) is 17.5 Å². The summed E-state index contributed by atoms with van der Waals surface area (Å²) in [7, 11) is 0. The van der Waals surface area contributed by atoms with Gasteiger partial charge in [0.05, 0.1) is 11.6 Å². The van der Waals surface area contributed by atoms with Gasteiger partial charge in [0.25, 0.3) is 0 Å². The smallest absolute Gasteiger partial charge is 0.320 e. The highest BCUT2D eigenvalue weighted by molar-refractivity contribution is 7.10. The van der Waals surface area contributed by atoms with Crippen molar-refractivity contribution in [2.45, 2.75) is 12.2 Å². The lowest BCUT2D eigenvalue weighted by Crippen LogP contribution is -2.13. The number of nitrogens with two attached hydrogens (primary N) is 1. The van der Waals surface area contributed by atoms with E-state index in [1.165, 1.54) is 17.4 Å². The predicted molar refractivity (Wildman–Crippen MR) is 61.8 cm³/mol. The van der Waals surface area contributed by atoms with Crippen LogP contribution in [0.15, 0.2) is 35.7 Å². The van der Waals surface area contributed by atoms with Gasteiger partial charge in [0.1, 0.15) is 5.82 Å². The minimum atomic E-state index is -4.68. The molecule has 0 aliphatic rings. The molecule has 96 valence electrons. The molecule has 2 rings (SSSR count). The van der Waals surface area contributed by atoms with E-state index in [4.69, 9.17) is 5.73 Å². The molecule has 0 fully saturated rings. The first-order chi connectivity index (χ1) is 8.39. The summed E-state index contributed by atoms with van der Waals surface area (Å²) >= 11 is 1.37. The molecule has 0 saturated heterocycles. The van der Waals surface area contributed by atoms with Crippen LogP contribution in [0.1, 0.15) is 22.0 Å². The van der Waals surface area contributed by atoms with E-state index < -0.39 is 23.6 Å². The maximum Gasteiger partial charge on any atom is 0.419 e. The number of benzene rings is 1. The van der Waals surface area contributed by atoms with E-state index in [1.807, 2.05) is 0 Å². The minimum Gasteiger partial charge on any atom is -0.320 e. The molecular formula is C12H9F4NS. The van der Waals surface area contributed by atoms with E-state index in [0.29, 0.717) is 5.56 Å².